The Morgan fingerprint density at radius 1 is 1.30 bits per heavy atom. The van der Waals surface area contributed by atoms with E-state index in [1.165, 1.54) is 16.0 Å². The average molecular weight is 328 g/mol. The van der Waals surface area contributed by atoms with E-state index in [1.807, 2.05) is 6.07 Å². The van der Waals surface area contributed by atoms with E-state index < -0.39 is 0 Å². The Morgan fingerprint density at radius 3 is 2.74 bits per heavy atom. The minimum absolute atomic E-state index is 0.00779. The highest BCUT2D eigenvalue weighted by Crippen LogP contribution is 2.39. The molecule has 0 aliphatic carbocycles. The standard InChI is InChI=1S/C18H20N2O2S/c1-22-17(20-11-18(12-20)8-7-16(21)19-18)14-9-15(23-10-14)13-5-3-2-4-6-13/h2-6,9-10,17H,7-8,11-12H2,1H3,(H,19,21). The summed E-state index contributed by atoms with van der Waals surface area (Å²) in [6.07, 6.45) is 1.56. The van der Waals surface area contributed by atoms with Crippen molar-refractivity contribution in [1.82, 2.24) is 10.2 Å². The smallest absolute Gasteiger partial charge is 0.220 e. The number of hydrogen-bond acceptors (Lipinski definition) is 4. The van der Waals surface area contributed by atoms with Gasteiger partial charge in [0.05, 0.1) is 5.54 Å². The number of nitrogens with zero attached hydrogens (tertiary/aromatic N) is 1. The highest BCUT2D eigenvalue weighted by Gasteiger charge is 2.49. The van der Waals surface area contributed by atoms with Crippen LogP contribution in [0.15, 0.2) is 41.8 Å². The van der Waals surface area contributed by atoms with Crippen LogP contribution < -0.4 is 5.32 Å². The molecule has 1 amide bonds. The second kappa shape index (κ2) is 5.74. The molecular formula is C18H20N2O2S. The molecule has 4 rings (SSSR count). The normalized spacial score (nSPS) is 21.2. The van der Waals surface area contributed by atoms with Crippen LogP contribution in [0, 0.1) is 0 Å². The predicted octanol–water partition coefficient (Wildman–Crippen LogP) is 3.02. The average Bonchev–Trinajstić information content (AvgIpc) is 3.16. The lowest BCUT2D eigenvalue weighted by atomic mass is 9.87. The number of amides is 1. The van der Waals surface area contributed by atoms with E-state index in [1.54, 1.807) is 18.4 Å². The summed E-state index contributed by atoms with van der Waals surface area (Å²) in [5.41, 5.74) is 2.42. The molecule has 3 heterocycles. The van der Waals surface area contributed by atoms with Crippen molar-refractivity contribution in [3.05, 3.63) is 47.3 Å². The Labute approximate surface area is 140 Å². The lowest BCUT2D eigenvalue weighted by molar-refractivity contribution is -0.126. The third kappa shape index (κ3) is 2.69. The molecule has 2 saturated heterocycles. The Kier molecular flexibility index (Phi) is 3.71. The molecule has 2 aliphatic rings. The molecule has 1 aromatic carbocycles. The second-order valence-corrected chi connectivity index (χ2v) is 7.34. The first kappa shape index (κ1) is 14.9. The molecule has 0 bridgehead atoms. The fourth-order valence-corrected chi connectivity index (χ4v) is 4.56. The fraction of sp³-hybridized carbons (Fsp3) is 0.389. The number of rotatable bonds is 4. The Balaban J connectivity index is 1.49. The number of ether oxygens (including phenoxy) is 1. The number of thiophene rings is 1. The van der Waals surface area contributed by atoms with Crippen molar-refractivity contribution in [2.24, 2.45) is 0 Å². The Morgan fingerprint density at radius 2 is 2.09 bits per heavy atom. The quantitative estimate of drug-likeness (QED) is 0.938. The highest BCUT2D eigenvalue weighted by atomic mass is 32.1. The topological polar surface area (TPSA) is 41.6 Å². The molecule has 120 valence electrons. The number of carbonyl (C=O) groups excluding carboxylic acids is 1. The van der Waals surface area contributed by atoms with E-state index in [-0.39, 0.29) is 17.7 Å². The van der Waals surface area contributed by atoms with Gasteiger partial charge < -0.3 is 10.1 Å². The van der Waals surface area contributed by atoms with Crippen LogP contribution in [0.5, 0.6) is 0 Å². The number of methoxy groups -OCH3 is 1. The number of nitrogens with one attached hydrogen (secondary N) is 1. The van der Waals surface area contributed by atoms with Gasteiger partial charge in [0.2, 0.25) is 5.91 Å². The maximum atomic E-state index is 11.5. The van der Waals surface area contributed by atoms with E-state index in [9.17, 15) is 4.79 Å². The first-order valence-corrected chi connectivity index (χ1v) is 8.79. The van der Waals surface area contributed by atoms with Crippen molar-refractivity contribution in [1.29, 1.82) is 0 Å². The molecule has 2 aliphatic heterocycles. The molecule has 1 N–H and O–H groups in total. The molecule has 5 heteroatoms. The zero-order valence-corrected chi connectivity index (χ0v) is 13.9. The molecule has 1 atom stereocenters. The molecule has 2 aromatic rings. The number of benzene rings is 1. The van der Waals surface area contributed by atoms with Gasteiger partial charge in [-0.3, -0.25) is 9.69 Å². The van der Waals surface area contributed by atoms with Gasteiger partial charge in [0.1, 0.15) is 6.23 Å². The molecule has 0 radical (unpaired) electrons. The van der Waals surface area contributed by atoms with Crippen LogP contribution in [0.2, 0.25) is 0 Å². The third-order valence-corrected chi connectivity index (χ3v) is 5.76. The van der Waals surface area contributed by atoms with Gasteiger partial charge in [-0.2, -0.15) is 0 Å². The van der Waals surface area contributed by atoms with E-state index in [4.69, 9.17) is 4.74 Å². The van der Waals surface area contributed by atoms with E-state index in [0.717, 1.165) is 19.5 Å². The van der Waals surface area contributed by atoms with Gasteiger partial charge in [0.15, 0.2) is 0 Å². The molecule has 4 nitrogen and oxygen atoms in total. The zero-order valence-electron chi connectivity index (χ0n) is 13.1. The highest BCUT2D eigenvalue weighted by molar-refractivity contribution is 7.13. The first-order chi connectivity index (χ1) is 11.2. The van der Waals surface area contributed by atoms with Gasteiger partial charge in [-0.25, -0.2) is 0 Å². The summed E-state index contributed by atoms with van der Waals surface area (Å²) < 4.78 is 5.74. The molecule has 1 unspecified atom stereocenters. The lowest BCUT2D eigenvalue weighted by Crippen LogP contribution is -2.67. The summed E-state index contributed by atoms with van der Waals surface area (Å²) in [6.45, 7) is 1.74. The molecule has 23 heavy (non-hydrogen) atoms. The van der Waals surface area contributed by atoms with Crippen LogP contribution in [0.1, 0.15) is 24.6 Å². The van der Waals surface area contributed by atoms with Crippen LogP contribution in [0.3, 0.4) is 0 Å². The van der Waals surface area contributed by atoms with Crippen molar-refractivity contribution >= 4 is 17.2 Å². The number of carbonyl (C=O) groups is 1. The predicted molar refractivity (Wildman–Crippen MR) is 91.2 cm³/mol. The third-order valence-electron chi connectivity index (χ3n) is 4.76. The number of likely N-dealkylation sites (tertiary alicyclic amines) is 1. The molecule has 0 saturated carbocycles. The summed E-state index contributed by atoms with van der Waals surface area (Å²) in [7, 11) is 1.75. The van der Waals surface area contributed by atoms with Crippen LogP contribution in [0.4, 0.5) is 0 Å². The SMILES string of the molecule is COC(c1csc(-c2ccccc2)c1)N1CC2(CCC(=O)N2)C1. The van der Waals surface area contributed by atoms with Gasteiger partial charge in [0, 0.05) is 37.1 Å². The monoisotopic (exact) mass is 328 g/mol. The van der Waals surface area contributed by atoms with E-state index in [2.05, 4.69) is 45.9 Å². The lowest BCUT2D eigenvalue weighted by Gasteiger charge is -2.50. The summed E-state index contributed by atoms with van der Waals surface area (Å²) in [5, 5.41) is 5.30. The zero-order chi connectivity index (χ0) is 15.9. The Bertz CT molecular complexity index is 707. The number of hydrogen-bond donors (Lipinski definition) is 1. The van der Waals surface area contributed by atoms with Crippen molar-refractivity contribution in [2.45, 2.75) is 24.6 Å². The first-order valence-electron chi connectivity index (χ1n) is 7.91. The summed E-state index contributed by atoms with van der Waals surface area (Å²) in [4.78, 5) is 15.0. The van der Waals surface area contributed by atoms with Crippen molar-refractivity contribution in [3.63, 3.8) is 0 Å². The summed E-state index contributed by atoms with van der Waals surface area (Å²) >= 11 is 1.75. The van der Waals surface area contributed by atoms with Crippen LogP contribution in [0.25, 0.3) is 10.4 Å². The van der Waals surface area contributed by atoms with Crippen LogP contribution in [-0.2, 0) is 9.53 Å². The van der Waals surface area contributed by atoms with Gasteiger partial charge >= 0.3 is 0 Å². The maximum Gasteiger partial charge on any atom is 0.220 e. The van der Waals surface area contributed by atoms with Crippen molar-refractivity contribution in [2.75, 3.05) is 20.2 Å². The van der Waals surface area contributed by atoms with Crippen LogP contribution >= 0.6 is 11.3 Å². The van der Waals surface area contributed by atoms with Gasteiger partial charge in [-0.05, 0) is 23.4 Å². The minimum atomic E-state index is -0.0353. The second-order valence-electron chi connectivity index (χ2n) is 6.43. The minimum Gasteiger partial charge on any atom is -0.362 e. The van der Waals surface area contributed by atoms with Gasteiger partial charge in [-0.1, -0.05) is 30.3 Å². The van der Waals surface area contributed by atoms with Crippen molar-refractivity contribution in [3.8, 4) is 10.4 Å². The summed E-state index contributed by atoms with van der Waals surface area (Å²) in [6, 6.07) is 12.6. The largest absolute Gasteiger partial charge is 0.362 e. The Hall–Kier alpha value is -1.69. The molecular weight excluding hydrogens is 308 g/mol. The van der Waals surface area contributed by atoms with E-state index >= 15 is 0 Å². The fourth-order valence-electron chi connectivity index (χ4n) is 3.64. The van der Waals surface area contributed by atoms with Crippen molar-refractivity contribution < 1.29 is 9.53 Å². The maximum absolute atomic E-state index is 11.5. The van der Waals surface area contributed by atoms with Gasteiger partial charge in [0.25, 0.3) is 0 Å². The molecule has 2 fully saturated rings. The van der Waals surface area contributed by atoms with Crippen LogP contribution in [-0.4, -0.2) is 36.5 Å². The molecule has 1 aromatic heterocycles. The van der Waals surface area contributed by atoms with E-state index in [0.29, 0.717) is 6.42 Å². The molecule has 1 spiro atoms. The summed E-state index contributed by atoms with van der Waals surface area (Å²) in [5.74, 6) is 0.181. The van der Waals surface area contributed by atoms with Gasteiger partial charge in [-0.15, -0.1) is 11.3 Å².